The summed E-state index contributed by atoms with van der Waals surface area (Å²) in [7, 11) is 0. The van der Waals surface area contributed by atoms with Gasteiger partial charge in [0.1, 0.15) is 23.2 Å². The highest BCUT2D eigenvalue weighted by Crippen LogP contribution is 2.31. The molecule has 1 saturated heterocycles. The summed E-state index contributed by atoms with van der Waals surface area (Å²) in [6, 6.07) is 10.0. The average molecular weight is 438 g/mol. The molecule has 0 spiro atoms. The normalized spacial score (nSPS) is 16.9. The van der Waals surface area contributed by atoms with Crippen molar-refractivity contribution in [3.63, 3.8) is 0 Å². The monoisotopic (exact) mass is 437 g/mol. The van der Waals surface area contributed by atoms with Crippen molar-refractivity contribution in [1.82, 2.24) is 24.7 Å². The second-order valence-corrected chi connectivity index (χ2v) is 8.19. The number of aliphatic hydroxyl groups excluding tert-OH is 1. The molecule has 0 saturated carbocycles. The number of aliphatic hydroxyl groups is 1. The SMILES string of the molecule is Cc1cccc(Cl)c1Nc1nc2ccc(N3CCNC(CCO)C3)nc2n2cncc12. The Hall–Kier alpha value is -2.94. The smallest absolute Gasteiger partial charge is 0.166 e. The van der Waals surface area contributed by atoms with Crippen LogP contribution in [0.1, 0.15) is 12.0 Å². The molecule has 1 fully saturated rings. The first-order valence-corrected chi connectivity index (χ1v) is 10.8. The highest BCUT2D eigenvalue weighted by molar-refractivity contribution is 6.33. The summed E-state index contributed by atoms with van der Waals surface area (Å²) in [5.41, 5.74) is 4.22. The Bertz CT molecular complexity index is 1220. The van der Waals surface area contributed by atoms with Crippen molar-refractivity contribution in [3.05, 3.63) is 53.4 Å². The standard InChI is InChI=1S/C22H24ClN7O/c1-14-3-2-4-16(23)20(14)28-21-18-11-24-13-30(18)22-17(26-21)5-6-19(27-22)29-9-8-25-15(12-29)7-10-31/h2-6,11,13,15,25,31H,7-10,12H2,1H3,(H,26,28). The Morgan fingerprint density at radius 2 is 2.16 bits per heavy atom. The maximum Gasteiger partial charge on any atom is 0.166 e. The van der Waals surface area contributed by atoms with Crippen LogP contribution in [0.25, 0.3) is 16.7 Å². The van der Waals surface area contributed by atoms with Gasteiger partial charge in [0.2, 0.25) is 0 Å². The fraction of sp³-hybridized carbons (Fsp3) is 0.318. The van der Waals surface area contributed by atoms with Gasteiger partial charge >= 0.3 is 0 Å². The lowest BCUT2D eigenvalue weighted by atomic mass is 10.1. The van der Waals surface area contributed by atoms with Gasteiger partial charge in [-0.2, -0.15) is 0 Å². The van der Waals surface area contributed by atoms with Gasteiger partial charge in [0, 0.05) is 32.3 Å². The van der Waals surface area contributed by atoms with Crippen LogP contribution in [-0.4, -0.2) is 56.7 Å². The lowest BCUT2D eigenvalue weighted by molar-refractivity contribution is 0.260. The molecule has 4 heterocycles. The number of pyridine rings is 1. The van der Waals surface area contributed by atoms with Gasteiger partial charge in [-0.15, -0.1) is 0 Å². The number of rotatable bonds is 5. The second kappa shape index (κ2) is 8.30. The Kier molecular flexibility index (Phi) is 5.35. The molecule has 0 bridgehead atoms. The number of para-hydroxylation sites is 1. The quantitative estimate of drug-likeness (QED) is 0.442. The third-order valence-electron chi connectivity index (χ3n) is 5.70. The maximum atomic E-state index is 9.27. The Balaban J connectivity index is 1.54. The van der Waals surface area contributed by atoms with E-state index in [0.717, 1.165) is 59.8 Å². The first kappa shape index (κ1) is 20.0. The average Bonchev–Trinajstić information content (AvgIpc) is 3.27. The molecule has 1 aliphatic heterocycles. The summed E-state index contributed by atoms with van der Waals surface area (Å²) in [5, 5.41) is 16.7. The van der Waals surface area contributed by atoms with Gasteiger partial charge in [-0.25, -0.2) is 15.0 Å². The molecular weight excluding hydrogens is 414 g/mol. The number of nitrogens with one attached hydrogen (secondary N) is 2. The third kappa shape index (κ3) is 3.78. The molecule has 5 rings (SSSR count). The van der Waals surface area contributed by atoms with E-state index in [-0.39, 0.29) is 12.6 Å². The molecule has 1 aliphatic rings. The molecule has 4 aromatic rings. The van der Waals surface area contributed by atoms with E-state index in [9.17, 15) is 5.11 Å². The van der Waals surface area contributed by atoms with Crippen LogP contribution in [0, 0.1) is 6.92 Å². The number of fused-ring (bicyclic) bond motifs is 3. The number of aryl methyl sites for hydroxylation is 1. The van der Waals surface area contributed by atoms with E-state index in [1.165, 1.54) is 0 Å². The van der Waals surface area contributed by atoms with Crippen molar-refractivity contribution in [2.45, 2.75) is 19.4 Å². The van der Waals surface area contributed by atoms with E-state index in [2.05, 4.69) is 20.5 Å². The lowest BCUT2D eigenvalue weighted by Crippen LogP contribution is -2.51. The minimum atomic E-state index is 0.177. The molecular formula is C22H24ClN7O. The third-order valence-corrected chi connectivity index (χ3v) is 6.02. The first-order valence-electron chi connectivity index (χ1n) is 10.4. The van der Waals surface area contributed by atoms with E-state index in [1.54, 1.807) is 12.5 Å². The van der Waals surface area contributed by atoms with Gasteiger partial charge in [-0.1, -0.05) is 23.7 Å². The van der Waals surface area contributed by atoms with E-state index >= 15 is 0 Å². The number of hydrogen-bond donors (Lipinski definition) is 3. The van der Waals surface area contributed by atoms with Gasteiger partial charge in [0.25, 0.3) is 0 Å². The number of anilines is 3. The predicted octanol–water partition coefficient (Wildman–Crippen LogP) is 3.14. The Labute approximate surface area is 184 Å². The van der Waals surface area contributed by atoms with Crippen LogP contribution in [0.2, 0.25) is 5.02 Å². The number of nitrogens with zero attached hydrogens (tertiary/aromatic N) is 5. The summed E-state index contributed by atoms with van der Waals surface area (Å²) in [4.78, 5) is 16.3. The molecule has 0 amide bonds. The Morgan fingerprint density at radius 1 is 1.26 bits per heavy atom. The van der Waals surface area contributed by atoms with Crippen LogP contribution in [0.15, 0.2) is 42.9 Å². The molecule has 9 heteroatoms. The topological polar surface area (TPSA) is 90.6 Å². The first-order chi connectivity index (χ1) is 15.1. The zero-order valence-electron chi connectivity index (χ0n) is 17.2. The molecule has 160 valence electrons. The predicted molar refractivity (Wildman–Crippen MR) is 123 cm³/mol. The van der Waals surface area contributed by atoms with Crippen molar-refractivity contribution >= 4 is 45.6 Å². The molecule has 0 aliphatic carbocycles. The van der Waals surface area contributed by atoms with Gasteiger partial charge < -0.3 is 20.6 Å². The minimum Gasteiger partial charge on any atom is -0.396 e. The highest BCUT2D eigenvalue weighted by Gasteiger charge is 2.21. The number of piperazine rings is 1. The van der Waals surface area contributed by atoms with Gasteiger partial charge in [0.05, 0.1) is 16.9 Å². The number of imidazole rings is 1. The van der Waals surface area contributed by atoms with Crippen molar-refractivity contribution in [3.8, 4) is 0 Å². The number of benzene rings is 1. The van der Waals surface area contributed by atoms with E-state index < -0.39 is 0 Å². The van der Waals surface area contributed by atoms with E-state index in [0.29, 0.717) is 10.8 Å². The number of halogens is 1. The fourth-order valence-electron chi connectivity index (χ4n) is 4.07. The molecule has 1 aromatic carbocycles. The maximum absolute atomic E-state index is 9.27. The fourth-order valence-corrected chi connectivity index (χ4v) is 4.34. The van der Waals surface area contributed by atoms with Crippen LogP contribution in [-0.2, 0) is 0 Å². The summed E-state index contributed by atoms with van der Waals surface area (Å²) < 4.78 is 1.95. The van der Waals surface area contributed by atoms with Gasteiger partial charge in [-0.3, -0.25) is 4.40 Å². The summed E-state index contributed by atoms with van der Waals surface area (Å²) in [5.74, 6) is 1.58. The zero-order chi connectivity index (χ0) is 21.4. The lowest BCUT2D eigenvalue weighted by Gasteiger charge is -2.34. The van der Waals surface area contributed by atoms with Gasteiger partial charge in [-0.05, 0) is 37.1 Å². The Morgan fingerprint density at radius 3 is 3.00 bits per heavy atom. The van der Waals surface area contributed by atoms with Gasteiger partial charge in [0.15, 0.2) is 11.5 Å². The van der Waals surface area contributed by atoms with E-state index in [1.807, 2.05) is 41.7 Å². The summed E-state index contributed by atoms with van der Waals surface area (Å²) >= 11 is 6.41. The van der Waals surface area contributed by atoms with Crippen LogP contribution >= 0.6 is 11.6 Å². The second-order valence-electron chi connectivity index (χ2n) is 7.79. The van der Waals surface area contributed by atoms with Crippen molar-refractivity contribution in [2.24, 2.45) is 0 Å². The zero-order valence-corrected chi connectivity index (χ0v) is 18.0. The van der Waals surface area contributed by atoms with Crippen LogP contribution in [0.4, 0.5) is 17.3 Å². The highest BCUT2D eigenvalue weighted by atomic mass is 35.5. The molecule has 31 heavy (non-hydrogen) atoms. The molecule has 3 aromatic heterocycles. The van der Waals surface area contributed by atoms with Crippen molar-refractivity contribution in [1.29, 1.82) is 0 Å². The van der Waals surface area contributed by atoms with Crippen LogP contribution < -0.4 is 15.5 Å². The summed E-state index contributed by atoms with van der Waals surface area (Å²) in [6.07, 6.45) is 4.26. The van der Waals surface area contributed by atoms with Crippen LogP contribution in [0.5, 0.6) is 0 Å². The number of hydrogen-bond acceptors (Lipinski definition) is 7. The van der Waals surface area contributed by atoms with Crippen molar-refractivity contribution in [2.75, 3.05) is 36.5 Å². The van der Waals surface area contributed by atoms with E-state index in [4.69, 9.17) is 21.6 Å². The number of aromatic nitrogens is 4. The molecule has 3 N–H and O–H groups in total. The molecule has 0 radical (unpaired) electrons. The van der Waals surface area contributed by atoms with Crippen LogP contribution in [0.3, 0.4) is 0 Å². The molecule has 8 nitrogen and oxygen atoms in total. The minimum absolute atomic E-state index is 0.177. The summed E-state index contributed by atoms with van der Waals surface area (Å²) in [6.45, 7) is 4.73. The van der Waals surface area contributed by atoms with Crippen molar-refractivity contribution < 1.29 is 5.11 Å². The largest absolute Gasteiger partial charge is 0.396 e. The molecule has 1 atom stereocenters. The molecule has 1 unspecified atom stereocenters.